The monoisotopic (exact) mass is 168 g/mol. The second-order valence-corrected chi connectivity index (χ2v) is 3.67. The fraction of sp³-hybridized carbons (Fsp3) is 0.700. The van der Waals surface area contributed by atoms with Crippen molar-refractivity contribution in [1.29, 1.82) is 0 Å². The van der Waals surface area contributed by atoms with Gasteiger partial charge in [0.1, 0.15) is 0 Å². The Balaban J connectivity index is 4.19. The molecule has 70 valence electrons. The summed E-state index contributed by atoms with van der Waals surface area (Å²) < 4.78 is 0. The molecule has 12 heavy (non-hydrogen) atoms. The zero-order valence-electron chi connectivity index (χ0n) is 8.54. The van der Waals surface area contributed by atoms with Crippen molar-refractivity contribution in [3.05, 3.63) is 12.3 Å². The smallest absolute Gasteiger partial charge is 0.0415 e. The molecule has 0 heterocycles. The van der Waals surface area contributed by atoms with Crippen LogP contribution in [0.2, 0.25) is 0 Å². The Morgan fingerprint density at radius 3 is 2.25 bits per heavy atom. The minimum absolute atomic E-state index is 0.462. The van der Waals surface area contributed by atoms with E-state index >= 15 is 0 Å². The third kappa shape index (κ3) is 4.94. The highest BCUT2D eigenvalue weighted by molar-refractivity contribution is 5.96. The molecule has 0 spiro atoms. The maximum Gasteiger partial charge on any atom is 0.0415 e. The number of aliphatic imine (C=N–C) groups is 1. The van der Waals surface area contributed by atoms with Gasteiger partial charge < -0.3 is 5.73 Å². The maximum absolute atomic E-state index is 5.31. The molecule has 0 radical (unpaired) electrons. The fourth-order valence-corrected chi connectivity index (χ4v) is 0.814. The van der Waals surface area contributed by atoms with Gasteiger partial charge in [0.25, 0.3) is 0 Å². The molecule has 2 heteroatoms. The van der Waals surface area contributed by atoms with Crippen LogP contribution in [0.15, 0.2) is 17.3 Å². The molecule has 0 saturated carbocycles. The molecule has 0 aliphatic carbocycles. The number of hydrogen-bond acceptors (Lipinski definition) is 2. The molecule has 0 rings (SSSR count). The van der Waals surface area contributed by atoms with E-state index in [1.165, 1.54) is 0 Å². The molecule has 0 aromatic heterocycles. The van der Waals surface area contributed by atoms with Gasteiger partial charge in [-0.25, -0.2) is 0 Å². The average Bonchev–Trinajstić information content (AvgIpc) is 1.96. The summed E-state index contributed by atoms with van der Waals surface area (Å²) >= 11 is 0. The highest BCUT2D eigenvalue weighted by Gasteiger charge is 2.00. The van der Waals surface area contributed by atoms with E-state index in [2.05, 4.69) is 32.7 Å². The van der Waals surface area contributed by atoms with Gasteiger partial charge in [-0.05, 0) is 24.1 Å². The summed E-state index contributed by atoms with van der Waals surface area (Å²) in [5.74, 6) is 1.08. The molecule has 0 saturated heterocycles. The Bertz CT molecular complexity index is 167. The van der Waals surface area contributed by atoms with Gasteiger partial charge in [-0.15, -0.1) is 0 Å². The molecule has 0 aliphatic heterocycles. The van der Waals surface area contributed by atoms with Crippen LogP contribution in [0.25, 0.3) is 0 Å². The summed E-state index contributed by atoms with van der Waals surface area (Å²) in [7, 11) is 0. The SMILES string of the molecule is CC(C)CN=C(C=CN)C(C)C. The van der Waals surface area contributed by atoms with Crippen LogP contribution in [-0.2, 0) is 0 Å². The van der Waals surface area contributed by atoms with Crippen molar-refractivity contribution in [2.45, 2.75) is 27.7 Å². The van der Waals surface area contributed by atoms with E-state index in [9.17, 15) is 0 Å². The maximum atomic E-state index is 5.31. The summed E-state index contributed by atoms with van der Waals surface area (Å²) in [5, 5.41) is 0. The van der Waals surface area contributed by atoms with Crippen LogP contribution < -0.4 is 5.73 Å². The lowest BCUT2D eigenvalue weighted by Crippen LogP contribution is -2.07. The van der Waals surface area contributed by atoms with Crippen molar-refractivity contribution >= 4 is 5.71 Å². The van der Waals surface area contributed by atoms with E-state index in [1.807, 2.05) is 6.08 Å². The van der Waals surface area contributed by atoms with Crippen LogP contribution >= 0.6 is 0 Å². The third-order valence-corrected chi connectivity index (χ3v) is 1.50. The van der Waals surface area contributed by atoms with Gasteiger partial charge in [0.15, 0.2) is 0 Å². The summed E-state index contributed by atoms with van der Waals surface area (Å²) in [6.07, 6.45) is 3.44. The summed E-state index contributed by atoms with van der Waals surface area (Å²) in [6, 6.07) is 0. The van der Waals surface area contributed by atoms with Crippen LogP contribution in [0, 0.1) is 11.8 Å². The van der Waals surface area contributed by atoms with Crippen molar-refractivity contribution in [3.8, 4) is 0 Å². The first-order chi connectivity index (χ1) is 5.57. The summed E-state index contributed by atoms with van der Waals surface area (Å²) in [6.45, 7) is 9.46. The molecule has 0 atom stereocenters. The second-order valence-electron chi connectivity index (χ2n) is 3.67. The molecule has 0 unspecified atom stereocenters. The molecular formula is C10H20N2. The highest BCUT2D eigenvalue weighted by atomic mass is 14.7. The van der Waals surface area contributed by atoms with Gasteiger partial charge in [-0.3, -0.25) is 4.99 Å². The average molecular weight is 168 g/mol. The van der Waals surface area contributed by atoms with Crippen LogP contribution in [-0.4, -0.2) is 12.3 Å². The Kier molecular flexibility index (Phi) is 5.43. The standard InChI is InChI=1S/C10H20N2/c1-8(2)7-12-10(5-6-11)9(3)4/h5-6,8-9H,7,11H2,1-4H3. The number of allylic oxidation sites excluding steroid dienone is 1. The van der Waals surface area contributed by atoms with E-state index < -0.39 is 0 Å². The predicted octanol–water partition coefficient (Wildman–Crippen LogP) is 2.21. The molecule has 2 N–H and O–H groups in total. The summed E-state index contributed by atoms with van der Waals surface area (Å²) in [4.78, 5) is 4.46. The molecule has 2 nitrogen and oxygen atoms in total. The van der Waals surface area contributed by atoms with Crippen LogP contribution in [0.4, 0.5) is 0 Å². The number of rotatable bonds is 4. The minimum Gasteiger partial charge on any atom is -0.405 e. The van der Waals surface area contributed by atoms with Crippen molar-refractivity contribution < 1.29 is 0 Å². The van der Waals surface area contributed by atoms with Crippen molar-refractivity contribution in [2.75, 3.05) is 6.54 Å². The highest BCUT2D eigenvalue weighted by Crippen LogP contribution is 2.01. The minimum atomic E-state index is 0.462. The normalized spacial score (nSPS) is 13.7. The topological polar surface area (TPSA) is 38.4 Å². The zero-order valence-corrected chi connectivity index (χ0v) is 8.54. The molecule has 0 fully saturated rings. The zero-order chi connectivity index (χ0) is 9.56. The molecule has 0 bridgehead atoms. The number of nitrogens with two attached hydrogens (primary N) is 1. The van der Waals surface area contributed by atoms with Gasteiger partial charge in [-0.1, -0.05) is 27.7 Å². The van der Waals surface area contributed by atoms with Gasteiger partial charge in [-0.2, -0.15) is 0 Å². The van der Waals surface area contributed by atoms with Gasteiger partial charge in [0.05, 0.1) is 0 Å². The number of hydrogen-bond donors (Lipinski definition) is 1. The first-order valence-electron chi connectivity index (χ1n) is 4.50. The number of nitrogens with zero attached hydrogens (tertiary/aromatic N) is 1. The van der Waals surface area contributed by atoms with E-state index in [0.29, 0.717) is 11.8 Å². The largest absolute Gasteiger partial charge is 0.405 e. The molecule has 0 amide bonds. The lowest BCUT2D eigenvalue weighted by Gasteiger charge is -2.06. The lowest BCUT2D eigenvalue weighted by atomic mass is 10.1. The first-order valence-corrected chi connectivity index (χ1v) is 4.50. The van der Waals surface area contributed by atoms with Crippen LogP contribution in [0.3, 0.4) is 0 Å². The van der Waals surface area contributed by atoms with E-state index in [4.69, 9.17) is 5.73 Å². The van der Waals surface area contributed by atoms with Gasteiger partial charge in [0, 0.05) is 12.3 Å². The molecule has 0 aliphatic rings. The predicted molar refractivity (Wildman–Crippen MR) is 55.3 cm³/mol. The van der Waals surface area contributed by atoms with Gasteiger partial charge >= 0.3 is 0 Å². The Morgan fingerprint density at radius 1 is 1.33 bits per heavy atom. The van der Waals surface area contributed by atoms with Crippen LogP contribution in [0.1, 0.15) is 27.7 Å². The third-order valence-electron chi connectivity index (χ3n) is 1.50. The van der Waals surface area contributed by atoms with E-state index in [0.717, 1.165) is 12.3 Å². The first kappa shape index (κ1) is 11.2. The van der Waals surface area contributed by atoms with E-state index in [1.54, 1.807) is 6.20 Å². The fourth-order valence-electron chi connectivity index (χ4n) is 0.814. The van der Waals surface area contributed by atoms with Crippen molar-refractivity contribution in [3.63, 3.8) is 0 Å². The van der Waals surface area contributed by atoms with Crippen molar-refractivity contribution in [1.82, 2.24) is 0 Å². The van der Waals surface area contributed by atoms with Gasteiger partial charge in [0.2, 0.25) is 0 Å². The summed E-state index contributed by atoms with van der Waals surface area (Å²) in [5.41, 5.74) is 6.40. The molecular weight excluding hydrogens is 148 g/mol. The van der Waals surface area contributed by atoms with Crippen LogP contribution in [0.5, 0.6) is 0 Å². The quantitative estimate of drug-likeness (QED) is 0.642. The molecule has 0 aromatic carbocycles. The molecule has 0 aromatic rings. The Labute approximate surface area is 75.6 Å². The van der Waals surface area contributed by atoms with E-state index in [-0.39, 0.29) is 0 Å². The Morgan fingerprint density at radius 2 is 1.92 bits per heavy atom. The van der Waals surface area contributed by atoms with Crippen molar-refractivity contribution in [2.24, 2.45) is 22.6 Å². The lowest BCUT2D eigenvalue weighted by molar-refractivity contribution is 0.661. The Hall–Kier alpha value is -0.790. The second kappa shape index (κ2) is 5.81.